The van der Waals surface area contributed by atoms with Gasteiger partial charge in [0.05, 0.1) is 39.9 Å². The number of unbranched alkanes of at least 4 members (excludes halogenated alkanes) is 19. The Hall–Kier alpha value is -2.62. The van der Waals surface area contributed by atoms with Gasteiger partial charge in [0.25, 0.3) is 7.82 Å². The smallest absolute Gasteiger partial charge is 0.268 e. The van der Waals surface area contributed by atoms with Crippen molar-refractivity contribution in [2.24, 2.45) is 0 Å². The third-order valence-electron chi connectivity index (χ3n) is 11.9. The van der Waals surface area contributed by atoms with E-state index in [1.54, 1.807) is 0 Å². The first-order valence-corrected chi connectivity index (χ1v) is 29.1. The third kappa shape index (κ3) is 50.1. The number of phosphoric ester groups is 1. The number of carbonyl (C=O) groups excluding carboxylic acids is 1. The van der Waals surface area contributed by atoms with Crippen LogP contribution in [0.5, 0.6) is 0 Å². The molecule has 0 aliphatic rings. The highest BCUT2D eigenvalue weighted by Gasteiger charge is 2.29. The van der Waals surface area contributed by atoms with Gasteiger partial charge in [-0.3, -0.25) is 9.36 Å². The van der Waals surface area contributed by atoms with Gasteiger partial charge in [-0.25, -0.2) is 0 Å². The quantitative estimate of drug-likeness (QED) is 0.0240. The molecule has 10 heteroatoms. The van der Waals surface area contributed by atoms with Gasteiger partial charge in [0.2, 0.25) is 5.91 Å². The molecule has 0 aromatic rings. The Morgan fingerprint density at radius 2 is 0.913 bits per heavy atom. The van der Waals surface area contributed by atoms with Gasteiger partial charge in [0.1, 0.15) is 19.3 Å². The van der Waals surface area contributed by atoms with E-state index in [2.05, 4.69) is 116 Å². The van der Waals surface area contributed by atoms with Crippen molar-refractivity contribution >= 4 is 13.7 Å². The summed E-state index contributed by atoms with van der Waals surface area (Å²) >= 11 is 0. The van der Waals surface area contributed by atoms with Crippen molar-refractivity contribution in [2.45, 2.75) is 231 Å². The fraction of sp³-hybridized carbons (Fsp3) is 0.712. The maximum Gasteiger partial charge on any atom is 0.268 e. The molecular weight excluding hydrogens is 880 g/mol. The molecule has 9 nitrogen and oxygen atoms in total. The summed E-state index contributed by atoms with van der Waals surface area (Å²) in [6.07, 6.45) is 66.0. The van der Waals surface area contributed by atoms with Crippen LogP contribution in [0.15, 0.2) is 97.2 Å². The maximum absolute atomic E-state index is 13.0. The number of rotatable bonds is 49. The van der Waals surface area contributed by atoms with Crippen LogP contribution < -0.4 is 10.2 Å². The Labute approximate surface area is 424 Å². The van der Waals surface area contributed by atoms with Crippen LogP contribution in [0.1, 0.15) is 213 Å². The van der Waals surface area contributed by atoms with Crippen LogP contribution in [-0.4, -0.2) is 79.8 Å². The molecule has 0 rings (SSSR count). The predicted octanol–water partition coefficient (Wildman–Crippen LogP) is 15.0. The lowest BCUT2D eigenvalue weighted by Gasteiger charge is -2.31. The lowest BCUT2D eigenvalue weighted by molar-refractivity contribution is -0.870. The second-order valence-corrected chi connectivity index (χ2v) is 21.1. The number of carbonyl (C=O) groups is 1. The Morgan fingerprint density at radius 3 is 1.33 bits per heavy atom. The molecule has 0 aliphatic carbocycles. The van der Waals surface area contributed by atoms with Crippen molar-refractivity contribution in [1.82, 2.24) is 5.32 Å². The Morgan fingerprint density at radius 1 is 0.536 bits per heavy atom. The van der Waals surface area contributed by atoms with Gasteiger partial charge in [0, 0.05) is 6.42 Å². The highest BCUT2D eigenvalue weighted by atomic mass is 31.2. The van der Waals surface area contributed by atoms with Gasteiger partial charge in [-0.1, -0.05) is 227 Å². The average Bonchev–Trinajstić information content (AvgIpc) is 3.31. The highest BCUT2D eigenvalue weighted by Crippen LogP contribution is 2.38. The van der Waals surface area contributed by atoms with Crippen molar-refractivity contribution in [2.75, 3.05) is 40.9 Å². The molecule has 0 bridgehead atoms. The first-order valence-electron chi connectivity index (χ1n) is 27.7. The van der Waals surface area contributed by atoms with Crippen LogP contribution >= 0.6 is 7.82 Å². The molecule has 0 saturated heterocycles. The minimum atomic E-state index is -4.68. The summed E-state index contributed by atoms with van der Waals surface area (Å²) in [5.74, 6) is -0.291. The molecule has 1 amide bonds. The van der Waals surface area contributed by atoms with E-state index in [0.717, 1.165) is 103 Å². The molecule has 4 unspecified atom stereocenters. The number of nitrogens with zero attached hydrogens (tertiary/aromatic N) is 1. The summed E-state index contributed by atoms with van der Waals surface area (Å²) < 4.78 is 23.2. The van der Waals surface area contributed by atoms with E-state index in [0.29, 0.717) is 23.9 Å². The van der Waals surface area contributed by atoms with E-state index in [1.807, 2.05) is 21.1 Å². The minimum absolute atomic E-state index is 0.0471. The number of aliphatic hydroxyl groups is 2. The Kier molecular flexibility index (Phi) is 47.1. The molecular formula is C59H105N2O7P. The number of allylic oxidation sites excluding steroid dienone is 16. The van der Waals surface area contributed by atoms with Crippen LogP contribution in [0.2, 0.25) is 0 Å². The lowest BCUT2D eigenvalue weighted by Crippen LogP contribution is -2.51. The van der Waals surface area contributed by atoms with E-state index >= 15 is 0 Å². The molecule has 0 heterocycles. The van der Waals surface area contributed by atoms with Gasteiger partial charge in [0.15, 0.2) is 0 Å². The molecule has 4 atom stereocenters. The number of hydrogen-bond donors (Lipinski definition) is 3. The van der Waals surface area contributed by atoms with Gasteiger partial charge in [-0.05, 0) is 77.0 Å². The molecule has 0 saturated carbocycles. The molecule has 3 N–H and O–H groups in total. The topological polar surface area (TPSA) is 128 Å². The molecule has 398 valence electrons. The predicted molar refractivity (Wildman–Crippen MR) is 294 cm³/mol. The highest BCUT2D eigenvalue weighted by molar-refractivity contribution is 7.45. The molecule has 69 heavy (non-hydrogen) atoms. The van der Waals surface area contributed by atoms with E-state index in [9.17, 15) is 24.5 Å². The van der Waals surface area contributed by atoms with Crippen molar-refractivity contribution in [3.05, 3.63) is 97.2 Å². The Balaban J connectivity index is 4.25. The number of aliphatic hydroxyl groups excluding tert-OH is 2. The zero-order valence-corrected chi connectivity index (χ0v) is 45.7. The summed E-state index contributed by atoms with van der Waals surface area (Å²) in [4.78, 5) is 25.5. The summed E-state index contributed by atoms with van der Waals surface area (Å²) in [5, 5.41) is 24.7. The lowest BCUT2D eigenvalue weighted by atomic mass is 9.99. The van der Waals surface area contributed by atoms with E-state index < -0.39 is 32.7 Å². The first-order chi connectivity index (χ1) is 33.4. The number of hydrogen-bond acceptors (Lipinski definition) is 7. The minimum Gasteiger partial charge on any atom is -0.756 e. The average molecular weight is 985 g/mol. The number of quaternary nitrogens is 1. The van der Waals surface area contributed by atoms with Crippen LogP contribution in [0.25, 0.3) is 0 Å². The summed E-state index contributed by atoms with van der Waals surface area (Å²) in [7, 11) is 1.11. The third-order valence-corrected chi connectivity index (χ3v) is 12.9. The molecule has 0 fully saturated rings. The van der Waals surface area contributed by atoms with Gasteiger partial charge in [-0.15, -0.1) is 0 Å². The zero-order chi connectivity index (χ0) is 50.8. The summed E-state index contributed by atoms with van der Waals surface area (Å²) in [6.45, 7) is 4.30. The van der Waals surface area contributed by atoms with Crippen LogP contribution in [0.4, 0.5) is 0 Å². The van der Waals surface area contributed by atoms with Crippen LogP contribution in [-0.2, 0) is 18.4 Å². The van der Waals surface area contributed by atoms with Crippen molar-refractivity contribution in [3.8, 4) is 0 Å². The molecule has 0 aliphatic heterocycles. The maximum atomic E-state index is 13.0. The van der Waals surface area contributed by atoms with Crippen LogP contribution in [0, 0.1) is 0 Å². The number of likely N-dealkylation sites (N-methyl/N-ethyl adjacent to an activating group) is 1. The molecule has 0 aromatic heterocycles. The fourth-order valence-electron chi connectivity index (χ4n) is 7.56. The van der Waals surface area contributed by atoms with Gasteiger partial charge < -0.3 is 34.0 Å². The molecule has 0 radical (unpaired) electrons. The Bertz CT molecular complexity index is 1460. The van der Waals surface area contributed by atoms with Crippen molar-refractivity contribution in [3.63, 3.8) is 0 Å². The molecule has 0 spiro atoms. The van der Waals surface area contributed by atoms with E-state index in [-0.39, 0.29) is 18.9 Å². The fourth-order valence-corrected chi connectivity index (χ4v) is 8.29. The second-order valence-electron chi connectivity index (χ2n) is 19.7. The number of nitrogens with one attached hydrogen (secondary N) is 1. The normalized spacial score (nSPS) is 15.2. The monoisotopic (exact) mass is 985 g/mol. The standard InChI is InChI=1S/C59H105N2O7P/c1-6-8-10-12-14-16-18-20-21-22-23-24-25-26-27-28-29-30-31-32-33-34-35-36-37-38-39-40-42-44-46-48-50-52-58(63)60-56(55-68-69(65,66)67-54-53-61(3,4)5)59(64)57(62)51-49-47-45-43-41-19-17-15-13-11-9-7-2/h8,10,14,16,20-21,23-24,26-27,29-30,32-33,35-36,56-57,59,62,64H,6-7,9,11-13,15,17-19,22,25,28,31,34,37-55H2,1-5H3,(H-,60,63,65,66)/b10-8-,16-14-,21-20-,24-23-,27-26-,30-29-,33-32-,36-35-. The summed E-state index contributed by atoms with van der Waals surface area (Å²) in [5.41, 5.74) is 0. The number of amides is 1. The van der Waals surface area contributed by atoms with E-state index in [1.165, 1.54) is 77.0 Å². The van der Waals surface area contributed by atoms with Gasteiger partial charge in [-0.2, -0.15) is 0 Å². The van der Waals surface area contributed by atoms with Crippen LogP contribution in [0.3, 0.4) is 0 Å². The number of phosphoric acid groups is 1. The van der Waals surface area contributed by atoms with Gasteiger partial charge >= 0.3 is 0 Å². The summed E-state index contributed by atoms with van der Waals surface area (Å²) in [6, 6.07) is -1.08. The second kappa shape index (κ2) is 49.0. The zero-order valence-electron chi connectivity index (χ0n) is 44.8. The van der Waals surface area contributed by atoms with Crippen molar-refractivity contribution in [1.29, 1.82) is 0 Å². The largest absolute Gasteiger partial charge is 0.756 e. The van der Waals surface area contributed by atoms with E-state index in [4.69, 9.17) is 9.05 Å². The first kappa shape index (κ1) is 66.4. The van der Waals surface area contributed by atoms with Crippen molar-refractivity contribution < 1.29 is 38.0 Å². The SMILES string of the molecule is CC/C=C\C/C=C\C/C=C\C/C=C\C/C=C\C/C=C\C/C=C\C/C=C\CCCCCCCCCCC(=O)NC(COP(=O)([O-])OCC[N+](C)(C)C)C(O)C(O)CCCCCCCCCCCCCC. The molecule has 0 aromatic carbocycles.